The molecule has 1 amide bonds. The van der Waals surface area contributed by atoms with Crippen molar-refractivity contribution >= 4 is 15.9 Å². The van der Waals surface area contributed by atoms with Crippen molar-refractivity contribution < 1.29 is 18.1 Å². The predicted molar refractivity (Wildman–Crippen MR) is 88.8 cm³/mol. The van der Waals surface area contributed by atoms with Gasteiger partial charge in [0.05, 0.1) is 31.1 Å². The largest absolute Gasteiger partial charge is 0.365 e. The van der Waals surface area contributed by atoms with E-state index in [1.807, 2.05) is 32.9 Å². The molecular formula is C16H26N3O3S+. The summed E-state index contributed by atoms with van der Waals surface area (Å²) >= 11 is 0. The molecule has 0 aromatic heterocycles. The number of quaternary nitrogens is 1. The molecule has 23 heavy (non-hydrogen) atoms. The average Bonchev–Trinajstić information content (AvgIpc) is 2.45. The number of amides is 1. The van der Waals surface area contributed by atoms with Crippen LogP contribution in [-0.4, -0.2) is 50.9 Å². The summed E-state index contributed by atoms with van der Waals surface area (Å²) < 4.78 is 27.5. The van der Waals surface area contributed by atoms with Crippen LogP contribution in [0.1, 0.15) is 23.6 Å². The van der Waals surface area contributed by atoms with Gasteiger partial charge in [-0.15, -0.1) is 0 Å². The molecule has 2 rings (SSSR count). The molecule has 128 valence electrons. The Hall–Kier alpha value is -1.44. The zero-order valence-corrected chi connectivity index (χ0v) is 15.0. The number of sulfonamides is 1. The van der Waals surface area contributed by atoms with Gasteiger partial charge in [0.15, 0.2) is 6.04 Å². The van der Waals surface area contributed by atoms with Crippen molar-refractivity contribution in [1.29, 1.82) is 0 Å². The van der Waals surface area contributed by atoms with E-state index in [-0.39, 0.29) is 11.9 Å². The summed E-state index contributed by atoms with van der Waals surface area (Å²) in [5, 5.41) is 0. The molecule has 0 saturated carbocycles. The fraction of sp³-hybridized carbons (Fsp3) is 0.562. The van der Waals surface area contributed by atoms with Crippen LogP contribution in [0.3, 0.4) is 0 Å². The Bertz CT molecular complexity index is 684. The third kappa shape index (κ3) is 3.57. The van der Waals surface area contributed by atoms with Crippen LogP contribution in [0.25, 0.3) is 0 Å². The van der Waals surface area contributed by atoms with E-state index in [1.54, 1.807) is 6.92 Å². The van der Waals surface area contributed by atoms with Crippen LogP contribution in [0, 0.1) is 20.8 Å². The fourth-order valence-electron chi connectivity index (χ4n) is 3.35. The molecule has 7 heteroatoms. The normalized spacial score (nSPS) is 18.8. The number of benzene rings is 1. The van der Waals surface area contributed by atoms with E-state index in [9.17, 15) is 13.2 Å². The number of nitrogens with two attached hydrogens (primary N) is 1. The van der Waals surface area contributed by atoms with Gasteiger partial charge in [0.2, 0.25) is 10.0 Å². The van der Waals surface area contributed by atoms with Gasteiger partial charge in [0.1, 0.15) is 0 Å². The van der Waals surface area contributed by atoms with Crippen molar-refractivity contribution in [3.05, 3.63) is 28.8 Å². The molecule has 6 nitrogen and oxygen atoms in total. The second kappa shape index (κ2) is 6.59. The maximum absolute atomic E-state index is 13.0. The van der Waals surface area contributed by atoms with Gasteiger partial charge >= 0.3 is 0 Å². The Morgan fingerprint density at radius 3 is 2.09 bits per heavy atom. The highest BCUT2D eigenvalue weighted by atomic mass is 32.2. The molecule has 1 atom stereocenters. The second-order valence-electron chi connectivity index (χ2n) is 6.41. The Morgan fingerprint density at radius 1 is 1.17 bits per heavy atom. The van der Waals surface area contributed by atoms with E-state index in [4.69, 9.17) is 5.73 Å². The van der Waals surface area contributed by atoms with Crippen molar-refractivity contribution in [3.63, 3.8) is 0 Å². The van der Waals surface area contributed by atoms with Crippen LogP contribution < -0.4 is 10.6 Å². The molecule has 1 aromatic rings. The Morgan fingerprint density at radius 2 is 1.65 bits per heavy atom. The van der Waals surface area contributed by atoms with E-state index < -0.39 is 10.0 Å². The van der Waals surface area contributed by atoms with Crippen LogP contribution in [0.2, 0.25) is 0 Å². The smallest absolute Gasteiger partial charge is 0.275 e. The first-order valence-electron chi connectivity index (χ1n) is 7.86. The topological polar surface area (TPSA) is 84.9 Å². The number of rotatable bonds is 4. The van der Waals surface area contributed by atoms with Gasteiger partial charge in [-0.2, -0.15) is 4.31 Å². The van der Waals surface area contributed by atoms with Gasteiger partial charge in [0, 0.05) is 0 Å². The highest BCUT2D eigenvalue weighted by molar-refractivity contribution is 7.89. The second-order valence-corrected chi connectivity index (χ2v) is 8.29. The minimum absolute atomic E-state index is 0.289. The third-order valence-electron chi connectivity index (χ3n) is 4.61. The summed E-state index contributed by atoms with van der Waals surface area (Å²) in [6.45, 7) is 9.41. The van der Waals surface area contributed by atoms with Gasteiger partial charge in [0.25, 0.3) is 5.91 Å². The van der Waals surface area contributed by atoms with Gasteiger partial charge in [-0.1, -0.05) is 17.7 Å². The first-order chi connectivity index (χ1) is 10.6. The number of hydrogen-bond acceptors (Lipinski definition) is 3. The van der Waals surface area contributed by atoms with E-state index in [0.29, 0.717) is 31.1 Å². The fourth-order valence-corrected chi connectivity index (χ4v) is 5.20. The average molecular weight is 340 g/mol. The first kappa shape index (κ1) is 17.9. The lowest BCUT2D eigenvalue weighted by atomic mass is 10.1. The molecule has 1 aliphatic heterocycles. The van der Waals surface area contributed by atoms with Crippen LogP contribution in [0.5, 0.6) is 0 Å². The van der Waals surface area contributed by atoms with Gasteiger partial charge < -0.3 is 10.6 Å². The molecule has 1 saturated heterocycles. The number of piperazine rings is 1. The number of nitrogens with zero attached hydrogens (tertiary/aromatic N) is 1. The molecule has 0 unspecified atom stereocenters. The van der Waals surface area contributed by atoms with E-state index in [2.05, 4.69) is 0 Å². The minimum Gasteiger partial charge on any atom is -0.365 e. The zero-order chi connectivity index (χ0) is 17.4. The number of hydrogen-bond donors (Lipinski definition) is 2. The van der Waals surface area contributed by atoms with Crippen molar-refractivity contribution in [1.82, 2.24) is 4.31 Å². The molecular weight excluding hydrogens is 314 g/mol. The summed E-state index contributed by atoms with van der Waals surface area (Å²) in [6, 6.07) is 3.51. The molecule has 1 aliphatic rings. The van der Waals surface area contributed by atoms with Gasteiger partial charge in [-0.3, -0.25) is 4.79 Å². The summed E-state index contributed by atoms with van der Waals surface area (Å²) in [5.41, 5.74) is 7.96. The first-order valence-corrected chi connectivity index (χ1v) is 9.30. The summed E-state index contributed by atoms with van der Waals surface area (Å²) in [4.78, 5) is 12.7. The summed E-state index contributed by atoms with van der Waals surface area (Å²) in [7, 11) is -3.51. The lowest BCUT2D eigenvalue weighted by molar-refractivity contribution is -0.917. The van der Waals surface area contributed by atoms with Crippen LogP contribution in [0.15, 0.2) is 17.0 Å². The maximum atomic E-state index is 13.0. The monoisotopic (exact) mass is 340 g/mol. The number of carbonyl (C=O) groups excluding carboxylic acids is 1. The van der Waals surface area contributed by atoms with Crippen molar-refractivity contribution in [3.8, 4) is 0 Å². The Kier molecular flexibility index (Phi) is 5.13. The zero-order valence-electron chi connectivity index (χ0n) is 14.2. The molecule has 0 radical (unpaired) electrons. The van der Waals surface area contributed by atoms with Gasteiger partial charge in [-0.25, -0.2) is 8.42 Å². The number of carbonyl (C=O) groups is 1. The number of nitrogens with one attached hydrogen (secondary N) is 1. The lowest BCUT2D eigenvalue weighted by Crippen LogP contribution is -3.19. The molecule has 0 aliphatic carbocycles. The lowest BCUT2D eigenvalue weighted by Gasteiger charge is -2.34. The third-order valence-corrected chi connectivity index (χ3v) is 6.81. The standard InChI is InChI=1S/C16H25N3O3S/c1-11-9-12(2)15(13(3)10-11)23(21,22)19-7-5-18(6-8-19)14(4)16(17)20/h9-10,14H,5-8H2,1-4H3,(H2,17,20)/p+1/t14-/m1/s1. The highest BCUT2D eigenvalue weighted by Gasteiger charge is 2.35. The Balaban J connectivity index is 2.22. The molecule has 0 spiro atoms. The maximum Gasteiger partial charge on any atom is 0.275 e. The molecule has 1 fully saturated rings. The van der Waals surface area contributed by atoms with Crippen LogP contribution >= 0.6 is 0 Å². The molecule has 3 N–H and O–H groups in total. The molecule has 0 bridgehead atoms. The molecule has 1 heterocycles. The van der Waals surface area contributed by atoms with Crippen molar-refractivity contribution in [2.24, 2.45) is 5.73 Å². The highest BCUT2D eigenvalue weighted by Crippen LogP contribution is 2.25. The van der Waals surface area contributed by atoms with Crippen molar-refractivity contribution in [2.45, 2.75) is 38.6 Å². The van der Waals surface area contributed by atoms with Gasteiger partial charge in [-0.05, 0) is 38.8 Å². The Labute approximate surface area is 138 Å². The number of aryl methyl sites for hydroxylation is 3. The number of primary amides is 1. The predicted octanol–water partition coefficient (Wildman–Crippen LogP) is -0.625. The van der Waals surface area contributed by atoms with E-state index in [1.165, 1.54) is 4.31 Å². The van der Waals surface area contributed by atoms with E-state index >= 15 is 0 Å². The summed E-state index contributed by atoms with van der Waals surface area (Å²) in [5.74, 6) is -0.346. The minimum atomic E-state index is -3.51. The SMILES string of the molecule is Cc1cc(C)c(S(=O)(=O)N2CC[NH+]([C@H](C)C(N)=O)CC2)c(C)c1. The molecule has 1 aromatic carbocycles. The summed E-state index contributed by atoms with van der Waals surface area (Å²) in [6.07, 6.45) is 0. The van der Waals surface area contributed by atoms with Crippen LogP contribution in [0.4, 0.5) is 0 Å². The van der Waals surface area contributed by atoms with E-state index in [0.717, 1.165) is 21.6 Å². The van der Waals surface area contributed by atoms with Crippen molar-refractivity contribution in [2.75, 3.05) is 26.2 Å². The van der Waals surface area contributed by atoms with Crippen LogP contribution in [-0.2, 0) is 14.8 Å². The quantitative estimate of drug-likeness (QED) is 0.766.